The molecule has 2 aromatic heterocycles. The van der Waals surface area contributed by atoms with Gasteiger partial charge in [0, 0.05) is 24.0 Å². The van der Waals surface area contributed by atoms with Crippen molar-refractivity contribution >= 4 is 6.29 Å². The van der Waals surface area contributed by atoms with Gasteiger partial charge in [0.1, 0.15) is 18.1 Å². The average molecular weight is 339 g/mol. The molecule has 0 radical (unpaired) electrons. The van der Waals surface area contributed by atoms with Crippen molar-refractivity contribution in [1.29, 1.82) is 0 Å². The lowest BCUT2D eigenvalue weighted by atomic mass is 10.1. The summed E-state index contributed by atoms with van der Waals surface area (Å²) < 4.78 is 24.1. The Morgan fingerprint density at radius 1 is 1.28 bits per heavy atom. The Balaban J connectivity index is 2.08. The molecule has 0 fully saturated rings. The number of carbonyl (C=O) groups is 1. The van der Waals surface area contributed by atoms with Gasteiger partial charge < -0.3 is 9.84 Å². The van der Waals surface area contributed by atoms with E-state index in [4.69, 9.17) is 7.48 Å². The second kappa shape index (κ2) is 7.17. The van der Waals surface area contributed by atoms with Crippen molar-refractivity contribution in [3.63, 3.8) is 0 Å². The van der Waals surface area contributed by atoms with Crippen molar-refractivity contribution in [2.24, 2.45) is 0 Å². The Hall–Kier alpha value is -3.15. The van der Waals surface area contributed by atoms with Gasteiger partial charge in [0.15, 0.2) is 6.29 Å². The highest BCUT2D eigenvalue weighted by atomic mass is 16.5. The molecule has 128 valence electrons. The number of hydrogen-bond acceptors (Lipinski definition) is 5. The number of aldehydes is 1. The Morgan fingerprint density at radius 2 is 2.12 bits per heavy atom. The zero-order valence-corrected chi connectivity index (χ0v) is 13.9. The molecule has 0 amide bonds. The van der Waals surface area contributed by atoms with Crippen LogP contribution in [0.4, 0.5) is 0 Å². The first-order valence-corrected chi connectivity index (χ1v) is 7.80. The van der Waals surface area contributed by atoms with Crippen LogP contribution in [0.2, 0.25) is 0 Å². The summed E-state index contributed by atoms with van der Waals surface area (Å²) in [7, 11) is 0. The number of carbonyl (C=O) groups excluding carboxylic acids is 1. The number of nitrogens with zero attached hydrogens (tertiary/aromatic N) is 3. The first kappa shape index (κ1) is 14.2. The van der Waals surface area contributed by atoms with E-state index in [0.717, 1.165) is 0 Å². The third-order valence-electron chi connectivity index (χ3n) is 3.66. The smallest absolute Gasteiger partial charge is 0.157 e. The molecule has 0 spiro atoms. The summed E-state index contributed by atoms with van der Waals surface area (Å²) in [5, 5.41) is 14.1. The molecular formula is C19H19N3O3. The highest BCUT2D eigenvalue weighted by Crippen LogP contribution is 2.28. The van der Waals surface area contributed by atoms with Gasteiger partial charge in [-0.1, -0.05) is 6.07 Å². The third-order valence-corrected chi connectivity index (χ3v) is 3.66. The van der Waals surface area contributed by atoms with E-state index in [1.165, 1.54) is 24.4 Å². The average Bonchev–Trinajstić information content (AvgIpc) is 3.11. The number of phenols is 1. The molecule has 1 aromatic carbocycles. The molecule has 0 saturated carbocycles. The van der Waals surface area contributed by atoms with Crippen LogP contribution in [0.1, 0.15) is 38.7 Å². The van der Waals surface area contributed by atoms with E-state index in [1.54, 1.807) is 29.1 Å². The Bertz CT molecular complexity index is 970. The molecule has 0 atom stereocenters. The summed E-state index contributed by atoms with van der Waals surface area (Å²) in [4.78, 5) is 15.4. The summed E-state index contributed by atoms with van der Waals surface area (Å²) in [5.74, 6) is -0.346. The molecule has 0 aliphatic heterocycles. The fourth-order valence-electron chi connectivity index (χ4n) is 2.48. The highest BCUT2D eigenvalue weighted by Gasteiger charge is 2.14. The zero-order chi connectivity index (χ0) is 19.6. The van der Waals surface area contributed by atoms with Crippen molar-refractivity contribution in [1.82, 2.24) is 14.8 Å². The minimum absolute atomic E-state index is 0.0487. The Kier molecular flexibility index (Phi) is 4.08. The molecule has 6 heteroatoms. The van der Waals surface area contributed by atoms with Crippen molar-refractivity contribution in [3.05, 3.63) is 60.0 Å². The predicted molar refractivity (Wildman–Crippen MR) is 93.7 cm³/mol. The summed E-state index contributed by atoms with van der Waals surface area (Å²) >= 11 is 0. The number of hydrogen-bond donors (Lipinski definition) is 1. The van der Waals surface area contributed by atoms with Gasteiger partial charge in [-0.05, 0) is 44.2 Å². The maximum absolute atomic E-state index is 11.3. The number of phenolic OH excluding ortho intramolecular Hbond substituents is 1. The van der Waals surface area contributed by atoms with E-state index in [0.29, 0.717) is 17.5 Å². The summed E-state index contributed by atoms with van der Waals surface area (Å²) in [6.07, 6.45) is 3.54. The maximum atomic E-state index is 11.3. The Morgan fingerprint density at radius 3 is 2.88 bits per heavy atom. The molecular weight excluding hydrogens is 318 g/mol. The van der Waals surface area contributed by atoms with E-state index in [2.05, 4.69) is 10.1 Å². The quantitative estimate of drug-likeness (QED) is 0.694. The molecule has 2 heterocycles. The van der Waals surface area contributed by atoms with Gasteiger partial charge in [0.2, 0.25) is 0 Å². The van der Waals surface area contributed by atoms with Crippen LogP contribution in [-0.2, 0) is 6.56 Å². The second-order valence-corrected chi connectivity index (χ2v) is 5.67. The van der Waals surface area contributed by atoms with Gasteiger partial charge in [-0.25, -0.2) is 0 Å². The lowest BCUT2D eigenvalue weighted by molar-refractivity contribution is 0.111. The monoisotopic (exact) mass is 339 g/mol. The van der Waals surface area contributed by atoms with Gasteiger partial charge >= 0.3 is 0 Å². The molecule has 6 nitrogen and oxygen atoms in total. The van der Waals surface area contributed by atoms with Gasteiger partial charge in [0.25, 0.3) is 0 Å². The number of aromatic hydroxyl groups is 1. The molecule has 0 bridgehead atoms. The number of aromatic nitrogens is 3. The predicted octanol–water partition coefficient (Wildman–Crippen LogP) is 3.62. The molecule has 3 rings (SSSR count). The topological polar surface area (TPSA) is 77.2 Å². The van der Waals surface area contributed by atoms with Crippen LogP contribution in [-0.4, -0.2) is 26.2 Å². The van der Waals surface area contributed by atoms with E-state index < -0.39 is 6.56 Å². The normalized spacial score (nSPS) is 12.6. The van der Waals surface area contributed by atoms with E-state index in [9.17, 15) is 9.90 Å². The van der Waals surface area contributed by atoms with Gasteiger partial charge in [0.05, 0.1) is 19.7 Å². The van der Waals surface area contributed by atoms with Crippen molar-refractivity contribution in [3.8, 4) is 22.8 Å². The summed E-state index contributed by atoms with van der Waals surface area (Å²) in [6, 6.07) is 9.52. The fourth-order valence-corrected chi connectivity index (χ4v) is 2.48. The van der Waals surface area contributed by atoms with Gasteiger partial charge in [-0.15, -0.1) is 0 Å². The standard InChI is InChI=1S/C19H19N3O3/c1-13(2)22-17(8-10-21-22)14-5-4-9-20-16(14)12-25-19-7-3-6-18(24)15(19)11-23/h3-11,13,24H,12H2,1-2H3/i12D2. The van der Waals surface area contributed by atoms with Crippen molar-refractivity contribution < 1.29 is 17.4 Å². The third kappa shape index (κ3) is 3.38. The number of ether oxygens (including phenoxy) is 1. The Labute approximate surface area is 148 Å². The first-order valence-electron chi connectivity index (χ1n) is 8.80. The van der Waals surface area contributed by atoms with Crippen LogP contribution >= 0.6 is 0 Å². The molecule has 0 aliphatic rings. The van der Waals surface area contributed by atoms with Crippen LogP contribution in [0.3, 0.4) is 0 Å². The zero-order valence-electron chi connectivity index (χ0n) is 15.9. The molecule has 0 aliphatic carbocycles. The lowest BCUT2D eigenvalue weighted by Gasteiger charge is -2.15. The number of pyridine rings is 1. The first-order chi connectivity index (χ1) is 12.8. The SMILES string of the molecule is [2H]C([2H])(Oc1cccc(O)c1C=O)c1ncccc1-c1ccnn1C(C)C. The van der Waals surface area contributed by atoms with Crippen molar-refractivity contribution in [2.45, 2.75) is 26.4 Å². The van der Waals surface area contributed by atoms with Crippen LogP contribution in [0, 0.1) is 0 Å². The minimum Gasteiger partial charge on any atom is -0.507 e. The van der Waals surface area contributed by atoms with Gasteiger partial charge in [-0.3, -0.25) is 14.5 Å². The van der Waals surface area contributed by atoms with Gasteiger partial charge in [-0.2, -0.15) is 5.10 Å². The highest BCUT2D eigenvalue weighted by molar-refractivity contribution is 5.83. The van der Waals surface area contributed by atoms with Crippen LogP contribution in [0.25, 0.3) is 11.3 Å². The number of benzene rings is 1. The molecule has 3 aromatic rings. The van der Waals surface area contributed by atoms with Crippen LogP contribution in [0.5, 0.6) is 11.5 Å². The van der Waals surface area contributed by atoms with E-state index in [1.807, 2.05) is 13.8 Å². The van der Waals surface area contributed by atoms with Crippen LogP contribution in [0.15, 0.2) is 48.8 Å². The fraction of sp³-hybridized carbons (Fsp3) is 0.211. The van der Waals surface area contributed by atoms with Crippen molar-refractivity contribution in [2.75, 3.05) is 0 Å². The maximum Gasteiger partial charge on any atom is 0.157 e. The minimum atomic E-state index is -2.35. The molecule has 0 saturated heterocycles. The summed E-state index contributed by atoms with van der Waals surface area (Å²) in [6.45, 7) is 1.59. The largest absolute Gasteiger partial charge is 0.507 e. The molecule has 1 N–H and O–H groups in total. The van der Waals surface area contributed by atoms with Crippen LogP contribution < -0.4 is 4.74 Å². The second-order valence-electron chi connectivity index (χ2n) is 5.67. The summed E-state index contributed by atoms with van der Waals surface area (Å²) in [5.41, 5.74) is 1.16. The number of rotatable bonds is 6. The van der Waals surface area contributed by atoms with E-state index >= 15 is 0 Å². The van der Waals surface area contributed by atoms with E-state index in [-0.39, 0.29) is 28.8 Å². The lowest BCUT2D eigenvalue weighted by Crippen LogP contribution is -2.08. The molecule has 25 heavy (non-hydrogen) atoms. The molecule has 0 unspecified atom stereocenters.